The van der Waals surface area contributed by atoms with Crippen molar-refractivity contribution in [1.82, 2.24) is 4.31 Å². The van der Waals surface area contributed by atoms with E-state index in [1.165, 1.54) is 0 Å². The van der Waals surface area contributed by atoms with Gasteiger partial charge in [0.25, 0.3) is 0 Å². The normalized spacial score (nSPS) is 22.0. The van der Waals surface area contributed by atoms with Crippen molar-refractivity contribution in [2.24, 2.45) is 5.92 Å². The Kier molecular flexibility index (Phi) is 4.70. The van der Waals surface area contributed by atoms with Crippen LogP contribution in [0.3, 0.4) is 0 Å². The standard InChI is InChI=1S/C16H25N3O2S/c1-14-6-10-19(11-7-14)22(20,21)16-4-2-15(3-5-16)18-12-8-17-9-13-18/h2-5,14,17H,6-13H2,1H3/p+1. The van der Waals surface area contributed by atoms with E-state index in [1.54, 1.807) is 16.4 Å². The fraction of sp³-hybridized carbons (Fsp3) is 0.625. The van der Waals surface area contributed by atoms with E-state index in [0.717, 1.165) is 44.7 Å². The van der Waals surface area contributed by atoms with Gasteiger partial charge in [-0.1, -0.05) is 6.92 Å². The molecule has 1 aromatic rings. The first-order valence-electron chi connectivity index (χ1n) is 8.24. The van der Waals surface area contributed by atoms with Crippen LogP contribution >= 0.6 is 0 Å². The summed E-state index contributed by atoms with van der Waals surface area (Å²) in [6.07, 6.45) is 1.92. The summed E-state index contributed by atoms with van der Waals surface area (Å²) in [5.74, 6) is 0.629. The molecule has 2 heterocycles. The van der Waals surface area contributed by atoms with Gasteiger partial charge in [0.05, 0.1) is 31.1 Å². The van der Waals surface area contributed by atoms with Gasteiger partial charge in [0.15, 0.2) is 0 Å². The molecule has 122 valence electrons. The maximum absolute atomic E-state index is 12.7. The van der Waals surface area contributed by atoms with Crippen LogP contribution in [0.1, 0.15) is 19.8 Å². The summed E-state index contributed by atoms with van der Waals surface area (Å²) in [4.78, 5) is 2.74. The van der Waals surface area contributed by atoms with Crippen molar-refractivity contribution in [3.05, 3.63) is 24.3 Å². The molecular weight excluding hydrogens is 298 g/mol. The van der Waals surface area contributed by atoms with E-state index < -0.39 is 10.0 Å². The zero-order chi connectivity index (χ0) is 15.6. The molecule has 22 heavy (non-hydrogen) atoms. The fourth-order valence-corrected chi connectivity index (χ4v) is 4.68. The zero-order valence-electron chi connectivity index (χ0n) is 13.2. The lowest BCUT2D eigenvalue weighted by atomic mass is 10.0. The van der Waals surface area contributed by atoms with Crippen molar-refractivity contribution in [2.75, 3.05) is 44.2 Å². The largest absolute Gasteiger partial charge is 0.360 e. The van der Waals surface area contributed by atoms with E-state index in [0.29, 0.717) is 23.9 Å². The van der Waals surface area contributed by atoms with E-state index >= 15 is 0 Å². The average molecular weight is 324 g/mol. The minimum Gasteiger partial charge on any atom is -0.360 e. The van der Waals surface area contributed by atoms with Crippen LogP contribution < -0.4 is 10.2 Å². The van der Waals surface area contributed by atoms with Crippen molar-refractivity contribution in [3.8, 4) is 0 Å². The highest BCUT2D eigenvalue weighted by atomic mass is 32.2. The molecule has 6 heteroatoms. The number of benzene rings is 1. The van der Waals surface area contributed by atoms with Crippen LogP contribution in [0.4, 0.5) is 5.69 Å². The third-order valence-electron chi connectivity index (χ3n) is 4.79. The van der Waals surface area contributed by atoms with Crippen LogP contribution in [-0.4, -0.2) is 52.0 Å². The molecule has 0 atom stereocenters. The Hall–Kier alpha value is -1.11. The monoisotopic (exact) mass is 324 g/mol. The van der Waals surface area contributed by atoms with Gasteiger partial charge in [-0.25, -0.2) is 8.42 Å². The second-order valence-corrected chi connectivity index (χ2v) is 8.37. The van der Waals surface area contributed by atoms with Gasteiger partial charge in [-0.2, -0.15) is 4.31 Å². The summed E-state index contributed by atoms with van der Waals surface area (Å²) in [5, 5.41) is 2.31. The Morgan fingerprint density at radius 3 is 2.18 bits per heavy atom. The first-order valence-corrected chi connectivity index (χ1v) is 9.68. The molecule has 0 bridgehead atoms. The lowest BCUT2D eigenvalue weighted by molar-refractivity contribution is -0.655. The van der Waals surface area contributed by atoms with Crippen LogP contribution in [0.25, 0.3) is 0 Å². The molecule has 2 fully saturated rings. The zero-order valence-corrected chi connectivity index (χ0v) is 14.1. The maximum Gasteiger partial charge on any atom is 0.243 e. The van der Waals surface area contributed by atoms with E-state index in [9.17, 15) is 8.42 Å². The predicted octanol–water partition coefficient (Wildman–Crippen LogP) is 0.491. The number of nitrogens with zero attached hydrogens (tertiary/aromatic N) is 2. The van der Waals surface area contributed by atoms with Gasteiger partial charge in [-0.05, 0) is 43.0 Å². The highest BCUT2D eigenvalue weighted by molar-refractivity contribution is 7.89. The van der Waals surface area contributed by atoms with E-state index in [-0.39, 0.29) is 0 Å². The molecule has 3 rings (SSSR count). The predicted molar refractivity (Wildman–Crippen MR) is 87.5 cm³/mol. The summed E-state index contributed by atoms with van der Waals surface area (Å²) in [6, 6.07) is 7.43. The summed E-state index contributed by atoms with van der Waals surface area (Å²) >= 11 is 0. The summed E-state index contributed by atoms with van der Waals surface area (Å²) < 4.78 is 27.0. The first-order chi connectivity index (χ1) is 10.6. The number of sulfonamides is 1. The lowest BCUT2D eigenvalue weighted by Gasteiger charge is -2.30. The molecule has 0 unspecified atom stereocenters. The van der Waals surface area contributed by atoms with Crippen molar-refractivity contribution in [2.45, 2.75) is 24.7 Å². The fourth-order valence-electron chi connectivity index (χ4n) is 3.21. The highest BCUT2D eigenvalue weighted by Gasteiger charge is 2.28. The minimum atomic E-state index is -3.32. The molecule has 2 aliphatic heterocycles. The molecule has 0 aliphatic carbocycles. The molecule has 0 spiro atoms. The molecular formula is C16H26N3O2S+. The molecule has 0 aromatic heterocycles. The van der Waals surface area contributed by atoms with E-state index in [4.69, 9.17) is 0 Å². The van der Waals surface area contributed by atoms with Crippen molar-refractivity contribution >= 4 is 15.7 Å². The summed E-state index contributed by atoms with van der Waals surface area (Å²) in [7, 11) is -3.32. The average Bonchev–Trinajstić information content (AvgIpc) is 2.56. The number of quaternary nitrogens is 1. The number of nitrogens with two attached hydrogens (primary N) is 1. The van der Waals surface area contributed by atoms with Gasteiger partial charge in [-0.3, -0.25) is 0 Å². The summed E-state index contributed by atoms with van der Waals surface area (Å²) in [6.45, 7) is 7.74. The maximum atomic E-state index is 12.7. The molecule has 0 radical (unpaired) electrons. The van der Waals surface area contributed by atoms with Gasteiger partial charge < -0.3 is 10.2 Å². The third-order valence-corrected chi connectivity index (χ3v) is 6.70. The van der Waals surface area contributed by atoms with Crippen LogP contribution in [0.5, 0.6) is 0 Å². The number of hydrogen-bond acceptors (Lipinski definition) is 3. The molecule has 0 amide bonds. The molecule has 5 nitrogen and oxygen atoms in total. The van der Waals surface area contributed by atoms with Gasteiger partial charge in [0.2, 0.25) is 10.0 Å². The lowest BCUT2D eigenvalue weighted by Crippen LogP contribution is -2.89. The third kappa shape index (κ3) is 3.29. The van der Waals surface area contributed by atoms with Crippen LogP contribution in [0, 0.1) is 5.92 Å². The van der Waals surface area contributed by atoms with Gasteiger partial charge in [-0.15, -0.1) is 0 Å². The Labute approximate surface area is 133 Å². The highest BCUT2D eigenvalue weighted by Crippen LogP contribution is 2.25. The number of rotatable bonds is 3. The number of piperidine rings is 1. The van der Waals surface area contributed by atoms with Crippen molar-refractivity contribution < 1.29 is 13.7 Å². The second-order valence-electron chi connectivity index (χ2n) is 6.43. The van der Waals surface area contributed by atoms with Crippen LogP contribution in [0.2, 0.25) is 0 Å². The number of piperazine rings is 1. The minimum absolute atomic E-state index is 0.425. The first kappa shape index (κ1) is 15.8. The Morgan fingerprint density at radius 2 is 1.59 bits per heavy atom. The van der Waals surface area contributed by atoms with Crippen LogP contribution in [-0.2, 0) is 10.0 Å². The van der Waals surface area contributed by atoms with E-state index in [1.807, 2.05) is 12.1 Å². The molecule has 2 saturated heterocycles. The molecule has 1 aromatic carbocycles. The molecule has 0 saturated carbocycles. The Balaban J connectivity index is 1.74. The van der Waals surface area contributed by atoms with Gasteiger partial charge in [0, 0.05) is 18.8 Å². The van der Waals surface area contributed by atoms with E-state index in [2.05, 4.69) is 17.1 Å². The SMILES string of the molecule is CC1CCN(S(=O)(=O)c2ccc(N3CC[NH2+]CC3)cc2)CC1. The van der Waals surface area contributed by atoms with Gasteiger partial charge in [0.1, 0.15) is 0 Å². The topological polar surface area (TPSA) is 57.2 Å². The Morgan fingerprint density at radius 1 is 1.00 bits per heavy atom. The Bertz CT molecular complexity index is 586. The summed E-state index contributed by atoms with van der Waals surface area (Å²) in [5.41, 5.74) is 1.12. The number of hydrogen-bond donors (Lipinski definition) is 1. The smallest absolute Gasteiger partial charge is 0.243 e. The van der Waals surface area contributed by atoms with Crippen molar-refractivity contribution in [3.63, 3.8) is 0 Å². The van der Waals surface area contributed by atoms with Crippen LogP contribution in [0.15, 0.2) is 29.2 Å². The molecule has 2 aliphatic rings. The van der Waals surface area contributed by atoms with Gasteiger partial charge >= 0.3 is 0 Å². The second kappa shape index (κ2) is 6.56. The molecule has 2 N–H and O–H groups in total. The quantitative estimate of drug-likeness (QED) is 0.880. The number of anilines is 1. The van der Waals surface area contributed by atoms with Crippen molar-refractivity contribution in [1.29, 1.82) is 0 Å².